The van der Waals surface area contributed by atoms with Crippen molar-refractivity contribution in [3.63, 3.8) is 0 Å². The number of ether oxygens (including phenoxy) is 3. The molecule has 0 radical (unpaired) electrons. The van der Waals surface area contributed by atoms with E-state index in [1.165, 1.54) is 0 Å². The maximum atomic E-state index is 12.4. The number of hydrogen-bond acceptors (Lipinski definition) is 4. The van der Waals surface area contributed by atoms with Crippen LogP contribution in [0.4, 0.5) is 0 Å². The third-order valence-electron chi connectivity index (χ3n) is 4.24. The van der Waals surface area contributed by atoms with Gasteiger partial charge in [-0.25, -0.2) is 0 Å². The van der Waals surface area contributed by atoms with Gasteiger partial charge in [0.15, 0.2) is 11.5 Å². The average molecular weight is 369 g/mol. The molecule has 5 heteroatoms. The summed E-state index contributed by atoms with van der Waals surface area (Å²) in [4.78, 5) is 14.1. The molecule has 27 heavy (non-hydrogen) atoms. The van der Waals surface area contributed by atoms with E-state index < -0.39 is 0 Å². The zero-order valence-electron chi connectivity index (χ0n) is 16.6. The summed E-state index contributed by atoms with van der Waals surface area (Å²) in [5, 5.41) is 0. The molecule has 0 spiro atoms. The Kier molecular flexibility index (Phi) is 7.29. The van der Waals surface area contributed by atoms with Gasteiger partial charge in [0.2, 0.25) is 5.91 Å². The van der Waals surface area contributed by atoms with Crippen molar-refractivity contribution in [2.24, 2.45) is 0 Å². The van der Waals surface area contributed by atoms with Crippen LogP contribution in [-0.2, 0) is 11.3 Å². The lowest BCUT2D eigenvalue weighted by molar-refractivity contribution is -0.125. The van der Waals surface area contributed by atoms with Crippen LogP contribution in [0.3, 0.4) is 0 Å². The monoisotopic (exact) mass is 369 g/mol. The van der Waals surface area contributed by atoms with E-state index in [1.54, 1.807) is 38.3 Å². The fourth-order valence-corrected chi connectivity index (χ4v) is 2.66. The summed E-state index contributed by atoms with van der Waals surface area (Å²) < 4.78 is 16.1. The van der Waals surface area contributed by atoms with Crippen molar-refractivity contribution in [3.05, 3.63) is 59.2 Å². The molecule has 5 nitrogen and oxygen atoms in total. The molecule has 0 atom stereocenters. The average Bonchev–Trinajstić information content (AvgIpc) is 2.68. The van der Waals surface area contributed by atoms with Gasteiger partial charge < -0.3 is 19.1 Å². The third-order valence-corrected chi connectivity index (χ3v) is 4.24. The zero-order valence-corrected chi connectivity index (χ0v) is 16.6. The number of rotatable bonds is 8. The number of methoxy groups -OCH3 is 2. The van der Waals surface area contributed by atoms with E-state index in [2.05, 4.69) is 0 Å². The molecule has 1 amide bonds. The van der Waals surface area contributed by atoms with E-state index in [9.17, 15) is 4.79 Å². The molecule has 0 unspecified atom stereocenters. The fraction of sp³-hybridized carbons (Fsp3) is 0.318. The Bertz CT molecular complexity index is 797. The minimum absolute atomic E-state index is 0.0712. The summed E-state index contributed by atoms with van der Waals surface area (Å²) in [6, 6.07) is 11.5. The van der Waals surface area contributed by atoms with Crippen LogP contribution in [0, 0.1) is 6.92 Å². The summed E-state index contributed by atoms with van der Waals surface area (Å²) in [5.41, 5.74) is 3.00. The number of carbonyl (C=O) groups excluding carboxylic acids is 1. The first-order valence-electron chi connectivity index (χ1n) is 8.86. The van der Waals surface area contributed by atoms with Gasteiger partial charge in [0.1, 0.15) is 5.75 Å². The lowest BCUT2D eigenvalue weighted by Crippen LogP contribution is -2.24. The Balaban J connectivity index is 2.05. The van der Waals surface area contributed by atoms with Gasteiger partial charge >= 0.3 is 0 Å². The van der Waals surface area contributed by atoms with Crippen LogP contribution in [0.15, 0.2) is 42.5 Å². The van der Waals surface area contributed by atoms with Gasteiger partial charge in [0.05, 0.1) is 20.8 Å². The first-order chi connectivity index (χ1) is 13.0. The number of nitrogens with zero attached hydrogens (tertiary/aromatic N) is 1. The molecule has 0 aromatic heterocycles. The Morgan fingerprint density at radius 2 is 1.70 bits per heavy atom. The highest BCUT2D eigenvalue weighted by Crippen LogP contribution is 2.30. The van der Waals surface area contributed by atoms with E-state index in [0.29, 0.717) is 24.7 Å². The van der Waals surface area contributed by atoms with Gasteiger partial charge in [-0.1, -0.05) is 12.1 Å². The summed E-state index contributed by atoms with van der Waals surface area (Å²) in [6.07, 6.45) is 3.38. The molecule has 0 aliphatic heterocycles. The second kappa shape index (κ2) is 9.67. The Morgan fingerprint density at radius 1 is 1.07 bits per heavy atom. The lowest BCUT2D eigenvalue weighted by Gasteiger charge is -2.18. The van der Waals surface area contributed by atoms with Gasteiger partial charge in [0, 0.05) is 19.7 Å². The van der Waals surface area contributed by atoms with Crippen LogP contribution in [0.5, 0.6) is 17.2 Å². The number of amides is 1. The molecule has 0 N–H and O–H groups in total. The van der Waals surface area contributed by atoms with Crippen LogP contribution in [-0.4, -0.2) is 38.7 Å². The van der Waals surface area contributed by atoms with E-state index >= 15 is 0 Å². The zero-order chi connectivity index (χ0) is 19.8. The molecule has 2 aromatic rings. The molecule has 2 aromatic carbocycles. The Labute approximate surface area is 161 Å². The van der Waals surface area contributed by atoms with E-state index in [1.807, 2.05) is 50.2 Å². The molecule has 0 aliphatic rings. The molecular weight excluding hydrogens is 342 g/mol. The first kappa shape index (κ1) is 20.4. The van der Waals surface area contributed by atoms with Gasteiger partial charge in [-0.15, -0.1) is 0 Å². The number of aryl methyl sites for hydroxylation is 1. The second-order valence-corrected chi connectivity index (χ2v) is 6.16. The summed E-state index contributed by atoms with van der Waals surface area (Å²) in [7, 11) is 4.99. The van der Waals surface area contributed by atoms with Crippen LogP contribution in [0.1, 0.15) is 23.6 Å². The second-order valence-electron chi connectivity index (χ2n) is 6.16. The van der Waals surface area contributed by atoms with Gasteiger partial charge in [-0.05, 0) is 60.9 Å². The highest BCUT2D eigenvalue weighted by atomic mass is 16.5. The van der Waals surface area contributed by atoms with Gasteiger partial charge in [0.25, 0.3) is 0 Å². The molecule has 0 saturated carbocycles. The number of carbonyl (C=O) groups is 1. The minimum atomic E-state index is -0.0712. The van der Waals surface area contributed by atoms with E-state index in [0.717, 1.165) is 22.4 Å². The first-order valence-corrected chi connectivity index (χ1v) is 8.86. The molecule has 0 heterocycles. The normalized spacial score (nSPS) is 10.7. The maximum Gasteiger partial charge on any atom is 0.246 e. The molecule has 0 fully saturated rings. The van der Waals surface area contributed by atoms with Gasteiger partial charge in [-0.2, -0.15) is 0 Å². The predicted octanol–water partition coefficient (Wildman–Crippen LogP) is 4.08. The molecule has 0 saturated heterocycles. The standard InChI is InChI=1S/C22H27NO4/c1-6-27-19-10-7-17(8-11-19)9-12-22(24)23(3)15-18-14-21(26-5)20(25-4)13-16(18)2/h7-14H,6,15H2,1-5H3/b12-9+. The Morgan fingerprint density at radius 3 is 2.30 bits per heavy atom. The summed E-state index contributed by atoms with van der Waals surface area (Å²) in [6.45, 7) is 5.06. The molecular formula is C22H27NO4. The van der Waals surface area contributed by atoms with Crippen LogP contribution >= 0.6 is 0 Å². The highest BCUT2D eigenvalue weighted by Gasteiger charge is 2.12. The van der Waals surface area contributed by atoms with Crippen molar-refractivity contribution in [3.8, 4) is 17.2 Å². The number of hydrogen-bond donors (Lipinski definition) is 0. The molecule has 2 rings (SSSR count). The summed E-state index contributed by atoms with van der Waals surface area (Å²) >= 11 is 0. The highest BCUT2D eigenvalue weighted by molar-refractivity contribution is 5.91. The topological polar surface area (TPSA) is 48.0 Å². The largest absolute Gasteiger partial charge is 0.494 e. The molecule has 144 valence electrons. The van der Waals surface area contributed by atoms with Crippen molar-refractivity contribution in [2.75, 3.05) is 27.9 Å². The van der Waals surface area contributed by atoms with Crippen molar-refractivity contribution < 1.29 is 19.0 Å². The quantitative estimate of drug-likeness (QED) is 0.658. The van der Waals surface area contributed by atoms with Crippen molar-refractivity contribution >= 4 is 12.0 Å². The SMILES string of the molecule is CCOc1ccc(/C=C/C(=O)N(C)Cc2cc(OC)c(OC)cc2C)cc1. The van der Waals surface area contributed by atoms with E-state index in [-0.39, 0.29) is 5.91 Å². The minimum Gasteiger partial charge on any atom is -0.494 e. The Hall–Kier alpha value is -2.95. The molecule has 0 bridgehead atoms. The van der Waals surface area contributed by atoms with Crippen molar-refractivity contribution in [1.82, 2.24) is 4.90 Å². The third kappa shape index (κ3) is 5.51. The van der Waals surface area contributed by atoms with Gasteiger partial charge in [-0.3, -0.25) is 4.79 Å². The van der Waals surface area contributed by atoms with Crippen molar-refractivity contribution in [2.45, 2.75) is 20.4 Å². The van der Waals surface area contributed by atoms with Crippen LogP contribution < -0.4 is 14.2 Å². The summed E-state index contributed by atoms with van der Waals surface area (Å²) in [5.74, 6) is 2.09. The van der Waals surface area contributed by atoms with Crippen LogP contribution in [0.25, 0.3) is 6.08 Å². The van der Waals surface area contributed by atoms with E-state index in [4.69, 9.17) is 14.2 Å². The molecule has 0 aliphatic carbocycles. The van der Waals surface area contributed by atoms with Crippen molar-refractivity contribution in [1.29, 1.82) is 0 Å². The number of benzene rings is 2. The lowest BCUT2D eigenvalue weighted by atomic mass is 10.1. The maximum absolute atomic E-state index is 12.4. The van der Waals surface area contributed by atoms with Crippen LogP contribution in [0.2, 0.25) is 0 Å². The predicted molar refractivity (Wildman–Crippen MR) is 107 cm³/mol. The smallest absolute Gasteiger partial charge is 0.246 e. The number of likely N-dealkylation sites (N-methyl/N-ethyl adjacent to an activating group) is 1. The fourth-order valence-electron chi connectivity index (χ4n) is 2.66.